The highest BCUT2D eigenvalue weighted by Crippen LogP contribution is 2.36. The number of ketones is 1. The zero-order valence-corrected chi connectivity index (χ0v) is 31.0. The van der Waals surface area contributed by atoms with E-state index in [0.29, 0.717) is 48.0 Å². The predicted molar refractivity (Wildman–Crippen MR) is 205 cm³/mol. The molecule has 0 aliphatic carbocycles. The number of hydrogen-bond donors (Lipinski definition) is 8. The lowest BCUT2D eigenvalue weighted by atomic mass is 9.82. The van der Waals surface area contributed by atoms with Crippen LogP contribution in [0, 0.1) is 25.7 Å². The van der Waals surface area contributed by atoms with E-state index in [1.165, 1.54) is 25.3 Å². The lowest BCUT2D eigenvalue weighted by Crippen LogP contribution is -2.56. The second-order valence-corrected chi connectivity index (χ2v) is 14.7. The molecule has 15 heteroatoms. The van der Waals surface area contributed by atoms with Gasteiger partial charge < -0.3 is 41.1 Å². The van der Waals surface area contributed by atoms with Crippen molar-refractivity contribution in [1.29, 1.82) is 0 Å². The van der Waals surface area contributed by atoms with E-state index in [0.717, 1.165) is 42.8 Å². The highest BCUT2D eigenvalue weighted by Gasteiger charge is 2.40. The van der Waals surface area contributed by atoms with Crippen molar-refractivity contribution in [2.75, 3.05) is 17.2 Å². The molecule has 3 aliphatic heterocycles. The first-order valence-corrected chi connectivity index (χ1v) is 17.0. The van der Waals surface area contributed by atoms with E-state index >= 15 is 0 Å². The molecule has 5 heterocycles. The van der Waals surface area contributed by atoms with Gasteiger partial charge in [-0.05, 0) is 106 Å². The number of anilines is 2. The van der Waals surface area contributed by atoms with Gasteiger partial charge in [0.15, 0.2) is 5.78 Å². The van der Waals surface area contributed by atoms with Gasteiger partial charge in [-0.3, -0.25) is 14.4 Å². The fourth-order valence-corrected chi connectivity index (χ4v) is 6.09. The van der Waals surface area contributed by atoms with Crippen LogP contribution in [0.5, 0.6) is 0 Å². The first kappa shape index (κ1) is 48.1. The van der Waals surface area contributed by atoms with Crippen LogP contribution < -0.4 is 21.8 Å². The Morgan fingerprint density at radius 1 is 0.885 bits per heavy atom. The van der Waals surface area contributed by atoms with Crippen LogP contribution in [-0.4, -0.2) is 93.2 Å². The number of aryl methyl sites for hydroxylation is 2. The molecule has 0 bridgehead atoms. The van der Waals surface area contributed by atoms with E-state index in [4.69, 9.17) is 5.11 Å². The number of hydrogen-bond acceptors (Lipinski definition) is 12. The number of aromatic amines is 2. The third-order valence-corrected chi connectivity index (χ3v) is 9.17. The average Bonchev–Trinajstić information content (AvgIpc) is 3.00. The Bertz CT molecular complexity index is 1580. The highest BCUT2D eigenvalue weighted by atomic mass is 16.5. The van der Waals surface area contributed by atoms with E-state index < -0.39 is 18.2 Å². The maximum Gasteiger partial charge on any atom is 0.328 e. The molecule has 0 radical (unpaired) electrons. The molecule has 1 saturated heterocycles. The molecule has 0 amide bonds. The SMILES string of the molecule is C.C.CC(=O)/C=C\C(=O)O.CC1(C)CCCC(C)(C)N1O.Cc1nc2c(c(=O)[nH]1)CC(C(O)C(C)O)CN2.Cc1nc2c(c(=O)[nH]1)CC(C)C(C)N2. The fourth-order valence-electron chi connectivity index (χ4n) is 6.09. The van der Waals surface area contributed by atoms with Gasteiger partial charge in [0.05, 0.1) is 23.3 Å². The first-order chi connectivity index (χ1) is 23.0. The molecule has 5 atom stereocenters. The Hall–Kier alpha value is -3.92. The normalized spacial score (nSPS) is 22.1. The van der Waals surface area contributed by atoms with Crippen LogP contribution in [0.3, 0.4) is 0 Å². The summed E-state index contributed by atoms with van der Waals surface area (Å²) in [6.45, 7) is 19.5. The number of fused-ring (bicyclic) bond motifs is 2. The lowest BCUT2D eigenvalue weighted by Gasteiger charge is -2.48. The standard InChI is InChI=1S/C11H17N3O3.C10H15N3O.C9H19NO.C5H6O3.2CH4/c1-5(15)9(16)7-3-8-10(12-4-7)13-6(2)14-11(8)17;1-5-4-8-9(11-6(5)2)12-7(3)13-10(8)14;1-8(2)6-5-7-9(3,4)10(8)11;1-4(6)2-3-5(7)8;;/h5,7,9,15-16H,3-4H2,1-2H3,(H2,12,13,14,17);5-6H,4H2,1-3H3,(H2,11,12,13,14);11H,5-7H2,1-4H3;2-3H,1H3,(H,7,8);2*1H4/b;;;3-2-;;. The molecule has 52 heavy (non-hydrogen) atoms. The molecule has 8 N–H and O–H groups in total. The third-order valence-electron chi connectivity index (χ3n) is 9.17. The third kappa shape index (κ3) is 13.9. The number of allylic oxidation sites excluding steroid dienone is 1. The van der Waals surface area contributed by atoms with Crippen molar-refractivity contribution in [2.24, 2.45) is 11.8 Å². The quantitative estimate of drug-likeness (QED) is 0.204. The Morgan fingerprint density at radius 3 is 1.79 bits per heavy atom. The number of nitrogens with one attached hydrogen (secondary N) is 4. The number of H-pyrrole nitrogens is 2. The predicted octanol–water partition coefficient (Wildman–Crippen LogP) is 4.38. The number of hydroxylamine groups is 2. The number of piperidine rings is 1. The molecule has 15 nitrogen and oxygen atoms in total. The second kappa shape index (κ2) is 20.4. The van der Waals surface area contributed by atoms with Crippen LogP contribution in [0.4, 0.5) is 11.6 Å². The molecule has 3 aliphatic rings. The van der Waals surface area contributed by atoms with Crippen LogP contribution in [0.25, 0.3) is 0 Å². The van der Waals surface area contributed by atoms with Gasteiger partial charge in [-0.1, -0.05) is 21.8 Å². The van der Waals surface area contributed by atoms with Gasteiger partial charge in [0.1, 0.15) is 23.3 Å². The Kier molecular flexibility index (Phi) is 18.8. The number of aromatic nitrogens is 4. The van der Waals surface area contributed by atoms with Crippen molar-refractivity contribution < 1.29 is 30.1 Å². The Morgan fingerprint density at radius 2 is 1.37 bits per heavy atom. The molecule has 5 unspecified atom stereocenters. The molecular formula is C37H65N7O8. The number of carbonyl (C=O) groups is 2. The van der Waals surface area contributed by atoms with E-state index in [-0.39, 0.29) is 48.8 Å². The van der Waals surface area contributed by atoms with Gasteiger partial charge in [0.25, 0.3) is 11.1 Å². The van der Waals surface area contributed by atoms with Crippen molar-refractivity contribution >= 4 is 23.4 Å². The summed E-state index contributed by atoms with van der Waals surface area (Å²) in [6.07, 6.45) is 4.81. The zero-order chi connectivity index (χ0) is 38.1. The number of aliphatic carboxylic acids is 1. The van der Waals surface area contributed by atoms with E-state index in [9.17, 15) is 34.6 Å². The maximum absolute atomic E-state index is 11.7. The lowest BCUT2D eigenvalue weighted by molar-refractivity contribution is -0.241. The van der Waals surface area contributed by atoms with Crippen LogP contribution in [-0.2, 0) is 22.4 Å². The molecule has 1 fully saturated rings. The fraction of sp³-hybridized carbons (Fsp3) is 0.676. The van der Waals surface area contributed by atoms with Crippen LogP contribution in [0.15, 0.2) is 21.7 Å². The van der Waals surface area contributed by atoms with E-state index in [1.807, 2.05) is 0 Å². The Balaban J connectivity index is 0.000000682. The summed E-state index contributed by atoms with van der Waals surface area (Å²) in [6, 6.07) is 0.385. The van der Waals surface area contributed by atoms with Gasteiger partial charge in [-0.25, -0.2) is 14.8 Å². The molecule has 5 rings (SSSR count). The van der Waals surface area contributed by atoms with Crippen molar-refractivity contribution in [2.45, 2.75) is 146 Å². The molecule has 2 aromatic heterocycles. The summed E-state index contributed by atoms with van der Waals surface area (Å²) in [5, 5.41) is 44.7. The highest BCUT2D eigenvalue weighted by molar-refractivity contribution is 5.93. The van der Waals surface area contributed by atoms with Gasteiger partial charge in [-0.2, -0.15) is 5.06 Å². The monoisotopic (exact) mass is 735 g/mol. The molecular weight excluding hydrogens is 670 g/mol. The summed E-state index contributed by atoms with van der Waals surface area (Å²) in [4.78, 5) is 56.9. The summed E-state index contributed by atoms with van der Waals surface area (Å²) < 4.78 is 0. The average molecular weight is 736 g/mol. The topological polar surface area (TPSA) is 234 Å². The number of aliphatic hydroxyl groups excluding tert-OH is 2. The van der Waals surface area contributed by atoms with Crippen molar-refractivity contribution in [3.63, 3.8) is 0 Å². The minimum absolute atomic E-state index is 0. The number of carbonyl (C=O) groups excluding carboxylic acids is 1. The molecule has 0 spiro atoms. The minimum Gasteiger partial charge on any atom is -0.478 e. The van der Waals surface area contributed by atoms with Gasteiger partial charge in [0, 0.05) is 35.7 Å². The second-order valence-electron chi connectivity index (χ2n) is 14.7. The van der Waals surface area contributed by atoms with Crippen LogP contribution in [0.1, 0.15) is 112 Å². The van der Waals surface area contributed by atoms with Crippen molar-refractivity contribution in [1.82, 2.24) is 25.0 Å². The van der Waals surface area contributed by atoms with Crippen molar-refractivity contribution in [3.05, 3.63) is 55.6 Å². The largest absolute Gasteiger partial charge is 0.478 e. The smallest absolute Gasteiger partial charge is 0.328 e. The summed E-state index contributed by atoms with van der Waals surface area (Å²) in [5.74, 6) is 1.53. The summed E-state index contributed by atoms with van der Waals surface area (Å²) >= 11 is 0. The maximum atomic E-state index is 11.7. The first-order valence-electron chi connectivity index (χ1n) is 17.0. The molecule has 2 aromatic rings. The number of aliphatic hydroxyl groups is 2. The van der Waals surface area contributed by atoms with E-state index in [1.54, 1.807) is 13.8 Å². The molecule has 0 saturated carbocycles. The Labute approximate surface area is 308 Å². The minimum atomic E-state index is -1.10. The summed E-state index contributed by atoms with van der Waals surface area (Å²) in [7, 11) is 0. The number of nitrogens with zero attached hydrogens (tertiary/aromatic N) is 3. The number of carboxylic acid groups (broad SMARTS) is 1. The van der Waals surface area contributed by atoms with Crippen molar-refractivity contribution in [3.8, 4) is 0 Å². The van der Waals surface area contributed by atoms with Crippen LogP contribution >= 0.6 is 0 Å². The van der Waals surface area contributed by atoms with Gasteiger partial charge in [-0.15, -0.1) is 0 Å². The molecule has 0 aromatic carbocycles. The zero-order valence-electron chi connectivity index (χ0n) is 31.0. The molecule has 296 valence electrons. The van der Waals surface area contributed by atoms with E-state index in [2.05, 4.69) is 72.1 Å². The van der Waals surface area contributed by atoms with Gasteiger partial charge in [0.2, 0.25) is 0 Å². The van der Waals surface area contributed by atoms with Crippen LogP contribution in [0.2, 0.25) is 0 Å². The summed E-state index contributed by atoms with van der Waals surface area (Å²) in [5.41, 5.74) is 1.08. The van der Waals surface area contributed by atoms with Gasteiger partial charge >= 0.3 is 5.97 Å². The number of rotatable bonds is 4. The number of carboxylic acids is 1.